The van der Waals surface area contributed by atoms with Gasteiger partial charge in [0.05, 0.1) is 16.5 Å². The van der Waals surface area contributed by atoms with Crippen LogP contribution in [0.3, 0.4) is 0 Å². The van der Waals surface area contributed by atoms with Crippen LogP contribution >= 0.6 is 0 Å². The van der Waals surface area contributed by atoms with Crippen LogP contribution in [0.4, 0.5) is 17.1 Å². The van der Waals surface area contributed by atoms with E-state index in [2.05, 4.69) is 259 Å². The van der Waals surface area contributed by atoms with Gasteiger partial charge in [0.2, 0.25) is 0 Å². The molecule has 314 valence electrons. The molecule has 0 fully saturated rings. The SMILES string of the molecule is CC(C)(C)c1ccc(C2(c3ccccc3)c3ccccc3-c3ccc(N(c4ccccc4)c4cccc5c4-c4ccccc4C54c5ccccc5-c5ccc(C(C)(C)C)cc54)cc32)cc1. The molecule has 9 aromatic carbocycles. The molecule has 9 aromatic rings. The predicted molar refractivity (Wildman–Crippen MR) is 272 cm³/mol. The third-order valence-electron chi connectivity index (χ3n) is 14.9. The minimum Gasteiger partial charge on any atom is -0.310 e. The van der Waals surface area contributed by atoms with Crippen molar-refractivity contribution in [1.82, 2.24) is 0 Å². The molecule has 0 aliphatic heterocycles. The predicted octanol–water partition coefficient (Wildman–Crippen LogP) is 16.5. The van der Waals surface area contributed by atoms with Gasteiger partial charge in [-0.2, -0.15) is 0 Å². The van der Waals surface area contributed by atoms with Crippen LogP contribution in [0.25, 0.3) is 33.4 Å². The van der Waals surface area contributed by atoms with Crippen molar-refractivity contribution in [3.8, 4) is 33.4 Å². The van der Waals surface area contributed by atoms with Crippen molar-refractivity contribution in [2.24, 2.45) is 0 Å². The zero-order valence-corrected chi connectivity index (χ0v) is 38.2. The van der Waals surface area contributed by atoms with E-state index in [0.717, 1.165) is 11.4 Å². The standard InChI is InChI=1S/C64H53N/c1-61(2,3)42-32-34-44(35-33-42)63(43-20-9-7-10-21-43)53-27-16-13-24-48(53)51-39-37-47(41-58(51)63)65(46-22-11-8-12-23-46)59-31-19-30-56-60(59)52-26-15-18-29-55(52)64(56)54-28-17-14-25-49(54)50-38-36-45(40-57(50)64)62(4,5)6/h7-41H,1-6H3. The second-order valence-corrected chi connectivity index (χ2v) is 20.4. The van der Waals surface area contributed by atoms with E-state index in [1.165, 1.54) is 94.7 Å². The average molecular weight is 836 g/mol. The summed E-state index contributed by atoms with van der Waals surface area (Å²) in [5, 5.41) is 0. The Morgan fingerprint density at radius 2 is 0.769 bits per heavy atom. The van der Waals surface area contributed by atoms with Crippen LogP contribution in [-0.2, 0) is 21.7 Å². The minimum absolute atomic E-state index is 0.00523. The Balaban J connectivity index is 1.14. The molecule has 2 unspecified atom stereocenters. The second kappa shape index (κ2) is 14.1. The van der Waals surface area contributed by atoms with Gasteiger partial charge in [-0.05, 0) is 125 Å². The van der Waals surface area contributed by atoms with Crippen LogP contribution < -0.4 is 4.90 Å². The largest absolute Gasteiger partial charge is 0.310 e. The van der Waals surface area contributed by atoms with E-state index in [-0.39, 0.29) is 10.8 Å². The van der Waals surface area contributed by atoms with Crippen molar-refractivity contribution in [2.75, 3.05) is 4.90 Å². The van der Waals surface area contributed by atoms with Gasteiger partial charge in [0.1, 0.15) is 0 Å². The lowest BCUT2D eigenvalue weighted by Crippen LogP contribution is -2.29. The molecule has 3 aliphatic rings. The fourth-order valence-corrected chi connectivity index (χ4v) is 11.9. The van der Waals surface area contributed by atoms with E-state index in [4.69, 9.17) is 0 Å². The maximum Gasteiger partial charge on any atom is 0.0726 e. The highest BCUT2D eigenvalue weighted by Gasteiger charge is 2.53. The van der Waals surface area contributed by atoms with Crippen molar-refractivity contribution >= 4 is 17.1 Å². The Morgan fingerprint density at radius 3 is 1.40 bits per heavy atom. The second-order valence-electron chi connectivity index (χ2n) is 20.4. The number of hydrogen-bond donors (Lipinski definition) is 0. The normalized spacial score (nSPS) is 17.5. The molecule has 1 nitrogen and oxygen atoms in total. The fraction of sp³-hybridized carbons (Fsp3) is 0.156. The molecule has 2 atom stereocenters. The van der Waals surface area contributed by atoms with Crippen LogP contribution in [0.5, 0.6) is 0 Å². The molecule has 0 amide bonds. The third-order valence-corrected chi connectivity index (χ3v) is 14.9. The molecule has 1 heteroatoms. The van der Waals surface area contributed by atoms with Crippen LogP contribution in [0, 0.1) is 0 Å². The summed E-state index contributed by atoms with van der Waals surface area (Å²) in [4.78, 5) is 2.53. The number of anilines is 3. The van der Waals surface area contributed by atoms with Crippen molar-refractivity contribution in [3.05, 3.63) is 268 Å². The molecule has 65 heavy (non-hydrogen) atoms. The summed E-state index contributed by atoms with van der Waals surface area (Å²) in [7, 11) is 0. The van der Waals surface area contributed by atoms with Gasteiger partial charge in [0, 0.05) is 16.9 Å². The molecule has 0 N–H and O–H groups in total. The monoisotopic (exact) mass is 835 g/mol. The lowest BCUT2D eigenvalue weighted by molar-refractivity contribution is 0.588. The van der Waals surface area contributed by atoms with Gasteiger partial charge in [0.25, 0.3) is 0 Å². The molecule has 0 saturated heterocycles. The summed E-state index contributed by atoms with van der Waals surface area (Å²) in [5.41, 5.74) is 23.5. The van der Waals surface area contributed by atoms with E-state index < -0.39 is 10.8 Å². The Morgan fingerprint density at radius 1 is 0.308 bits per heavy atom. The highest BCUT2D eigenvalue weighted by molar-refractivity contribution is 6.01. The quantitative estimate of drug-likeness (QED) is 0.167. The van der Waals surface area contributed by atoms with Crippen molar-refractivity contribution in [2.45, 2.75) is 63.2 Å². The number of nitrogens with zero attached hydrogens (tertiary/aromatic N) is 1. The fourth-order valence-electron chi connectivity index (χ4n) is 11.9. The van der Waals surface area contributed by atoms with Gasteiger partial charge in [-0.1, -0.05) is 224 Å². The molecule has 0 saturated carbocycles. The summed E-state index contributed by atoms with van der Waals surface area (Å²) >= 11 is 0. The summed E-state index contributed by atoms with van der Waals surface area (Å²) < 4.78 is 0. The smallest absolute Gasteiger partial charge is 0.0726 e. The van der Waals surface area contributed by atoms with Gasteiger partial charge in [-0.15, -0.1) is 0 Å². The molecule has 1 spiro atoms. The van der Waals surface area contributed by atoms with Crippen molar-refractivity contribution < 1.29 is 0 Å². The van der Waals surface area contributed by atoms with Gasteiger partial charge in [-0.25, -0.2) is 0 Å². The number of hydrogen-bond acceptors (Lipinski definition) is 1. The summed E-state index contributed by atoms with van der Waals surface area (Å²) in [6.07, 6.45) is 0. The van der Waals surface area contributed by atoms with Crippen LogP contribution in [0.15, 0.2) is 212 Å². The van der Waals surface area contributed by atoms with E-state index >= 15 is 0 Å². The van der Waals surface area contributed by atoms with E-state index in [9.17, 15) is 0 Å². The number of rotatable bonds is 5. The van der Waals surface area contributed by atoms with E-state index in [0.29, 0.717) is 0 Å². The highest BCUT2D eigenvalue weighted by Crippen LogP contribution is 2.65. The van der Waals surface area contributed by atoms with Gasteiger partial charge >= 0.3 is 0 Å². The molecule has 0 radical (unpaired) electrons. The molecular formula is C64H53N. The van der Waals surface area contributed by atoms with Crippen molar-refractivity contribution in [1.29, 1.82) is 0 Å². The molecule has 0 aromatic heterocycles. The van der Waals surface area contributed by atoms with Crippen LogP contribution in [0.1, 0.15) is 97.2 Å². The first kappa shape index (κ1) is 39.4. The minimum atomic E-state index is -0.542. The number of benzene rings is 9. The highest BCUT2D eigenvalue weighted by atomic mass is 15.1. The topological polar surface area (TPSA) is 3.24 Å². The average Bonchev–Trinajstić information content (AvgIpc) is 3.92. The molecule has 0 bridgehead atoms. The van der Waals surface area contributed by atoms with Crippen LogP contribution in [-0.4, -0.2) is 0 Å². The number of fused-ring (bicyclic) bond motifs is 13. The summed E-state index contributed by atoms with van der Waals surface area (Å²) in [6.45, 7) is 13.9. The summed E-state index contributed by atoms with van der Waals surface area (Å²) in [5.74, 6) is 0. The Bertz CT molecular complexity index is 3330. The molecule has 12 rings (SSSR count). The summed E-state index contributed by atoms with van der Waals surface area (Å²) in [6, 6.07) is 80.8. The first-order chi connectivity index (χ1) is 31.5. The van der Waals surface area contributed by atoms with E-state index in [1.54, 1.807) is 0 Å². The Kier molecular flexibility index (Phi) is 8.57. The van der Waals surface area contributed by atoms with Gasteiger partial charge in [-0.3, -0.25) is 0 Å². The maximum atomic E-state index is 2.53. The molecule has 0 heterocycles. The first-order valence-corrected chi connectivity index (χ1v) is 23.3. The zero-order valence-electron chi connectivity index (χ0n) is 38.2. The lowest BCUT2D eigenvalue weighted by Gasteiger charge is -2.35. The Hall–Kier alpha value is -7.22. The van der Waals surface area contributed by atoms with Crippen molar-refractivity contribution in [3.63, 3.8) is 0 Å². The van der Waals surface area contributed by atoms with Crippen LogP contribution in [0.2, 0.25) is 0 Å². The zero-order chi connectivity index (χ0) is 44.3. The molecular weight excluding hydrogens is 783 g/mol. The number of para-hydroxylation sites is 1. The molecule has 3 aliphatic carbocycles. The third kappa shape index (κ3) is 5.51. The lowest BCUT2D eigenvalue weighted by atomic mass is 9.67. The Labute approximate surface area is 384 Å². The maximum absolute atomic E-state index is 2.53. The first-order valence-electron chi connectivity index (χ1n) is 23.3. The van der Waals surface area contributed by atoms with E-state index in [1.807, 2.05) is 0 Å². The van der Waals surface area contributed by atoms with Gasteiger partial charge in [0.15, 0.2) is 0 Å². The van der Waals surface area contributed by atoms with Gasteiger partial charge < -0.3 is 4.90 Å².